The van der Waals surface area contributed by atoms with Crippen molar-refractivity contribution in [3.8, 4) is 16.9 Å². The van der Waals surface area contributed by atoms with Crippen LogP contribution in [0.4, 0.5) is 13.2 Å². The molecule has 6 nitrogen and oxygen atoms in total. The summed E-state index contributed by atoms with van der Waals surface area (Å²) in [4.78, 5) is 15.1. The van der Waals surface area contributed by atoms with Crippen LogP contribution in [0.1, 0.15) is 17.0 Å². The van der Waals surface area contributed by atoms with Crippen LogP contribution in [0.2, 0.25) is 0 Å². The van der Waals surface area contributed by atoms with Crippen molar-refractivity contribution in [2.24, 2.45) is 7.05 Å². The number of rotatable bonds is 4. The molecule has 0 fully saturated rings. The molecule has 29 heavy (non-hydrogen) atoms. The van der Waals surface area contributed by atoms with E-state index in [1.54, 1.807) is 17.8 Å². The molecule has 1 aliphatic heterocycles. The molecule has 0 saturated heterocycles. The van der Waals surface area contributed by atoms with E-state index in [0.29, 0.717) is 17.7 Å². The third kappa shape index (κ3) is 4.19. The molecule has 0 atom stereocenters. The van der Waals surface area contributed by atoms with E-state index < -0.39 is 6.36 Å². The Kier molecular flexibility index (Phi) is 4.91. The maximum Gasteiger partial charge on any atom is 0.573 e. The molecule has 0 aliphatic carbocycles. The molecular weight excluding hydrogens is 385 g/mol. The lowest BCUT2D eigenvalue weighted by Gasteiger charge is -2.30. The number of halogens is 3. The summed E-state index contributed by atoms with van der Waals surface area (Å²) in [5.74, 6) is -0.318. The highest BCUT2D eigenvalue weighted by Crippen LogP contribution is 2.27. The molecule has 4 rings (SSSR count). The van der Waals surface area contributed by atoms with E-state index >= 15 is 0 Å². The van der Waals surface area contributed by atoms with Crippen LogP contribution in [0, 0.1) is 0 Å². The highest BCUT2D eigenvalue weighted by Gasteiger charge is 2.31. The fourth-order valence-corrected chi connectivity index (χ4v) is 3.68. The molecule has 0 bridgehead atoms. The van der Waals surface area contributed by atoms with Crippen molar-refractivity contribution >= 4 is 0 Å². The maximum atomic E-state index is 12.8. The Morgan fingerprint density at radius 3 is 2.62 bits per heavy atom. The first-order valence-corrected chi connectivity index (χ1v) is 9.09. The molecule has 1 aliphatic rings. The lowest BCUT2D eigenvalue weighted by atomic mass is 9.99. The van der Waals surface area contributed by atoms with Gasteiger partial charge in [0.05, 0.1) is 0 Å². The Bertz CT molecular complexity index is 1060. The molecule has 152 valence electrons. The molecule has 2 aromatic heterocycles. The molecule has 0 spiro atoms. The summed E-state index contributed by atoms with van der Waals surface area (Å²) < 4.78 is 42.6. The van der Waals surface area contributed by atoms with Crippen LogP contribution in [0.3, 0.4) is 0 Å². The van der Waals surface area contributed by atoms with Gasteiger partial charge in [0, 0.05) is 56.3 Å². The largest absolute Gasteiger partial charge is 0.573 e. The summed E-state index contributed by atoms with van der Waals surface area (Å²) in [6, 6.07) is 9.13. The van der Waals surface area contributed by atoms with Gasteiger partial charge in [-0.15, -0.1) is 13.2 Å². The SMILES string of the molecule is Cn1c2c(cc(-c3ccc(OC(F)(F)F)cc3)c1=O)CN(Cc1ccn[nH]1)CC2. The smallest absolute Gasteiger partial charge is 0.406 e. The number of alkyl halides is 3. The average Bonchev–Trinajstić information content (AvgIpc) is 3.17. The zero-order valence-corrected chi connectivity index (χ0v) is 15.7. The van der Waals surface area contributed by atoms with Gasteiger partial charge < -0.3 is 9.30 Å². The highest BCUT2D eigenvalue weighted by molar-refractivity contribution is 5.64. The van der Waals surface area contributed by atoms with Crippen LogP contribution in [0.15, 0.2) is 47.4 Å². The number of pyridine rings is 1. The van der Waals surface area contributed by atoms with E-state index in [1.165, 1.54) is 24.3 Å². The predicted octanol–water partition coefficient (Wildman–Crippen LogP) is 3.23. The van der Waals surface area contributed by atoms with Crippen LogP contribution < -0.4 is 10.3 Å². The number of hydrogen-bond acceptors (Lipinski definition) is 4. The zero-order chi connectivity index (χ0) is 20.6. The van der Waals surface area contributed by atoms with Crippen LogP contribution in [-0.4, -0.2) is 32.6 Å². The Labute approximate surface area is 164 Å². The molecule has 9 heteroatoms. The minimum absolute atomic E-state index is 0.171. The summed E-state index contributed by atoms with van der Waals surface area (Å²) in [6.07, 6.45) is -2.30. The van der Waals surface area contributed by atoms with Crippen LogP contribution in [-0.2, 0) is 26.6 Å². The molecule has 0 saturated carbocycles. The Morgan fingerprint density at radius 2 is 1.97 bits per heavy atom. The lowest BCUT2D eigenvalue weighted by molar-refractivity contribution is -0.274. The molecule has 0 amide bonds. The number of nitrogens with zero attached hydrogens (tertiary/aromatic N) is 3. The minimum Gasteiger partial charge on any atom is -0.406 e. The van der Waals surface area contributed by atoms with E-state index in [9.17, 15) is 18.0 Å². The van der Waals surface area contributed by atoms with E-state index in [0.717, 1.165) is 36.5 Å². The van der Waals surface area contributed by atoms with Gasteiger partial charge in [0.15, 0.2) is 0 Å². The van der Waals surface area contributed by atoms with Gasteiger partial charge >= 0.3 is 6.36 Å². The van der Waals surface area contributed by atoms with Crippen LogP contribution >= 0.6 is 0 Å². The molecule has 0 unspecified atom stereocenters. The lowest BCUT2D eigenvalue weighted by Crippen LogP contribution is -2.35. The van der Waals surface area contributed by atoms with Gasteiger partial charge in [0.1, 0.15) is 5.75 Å². The fourth-order valence-electron chi connectivity index (χ4n) is 3.68. The summed E-state index contributed by atoms with van der Waals surface area (Å²) in [6.45, 7) is 2.22. The number of nitrogens with one attached hydrogen (secondary N) is 1. The fraction of sp³-hybridized carbons (Fsp3) is 0.300. The van der Waals surface area contributed by atoms with Gasteiger partial charge in [-0.1, -0.05) is 12.1 Å². The maximum absolute atomic E-state index is 12.8. The number of fused-ring (bicyclic) bond motifs is 1. The van der Waals surface area contributed by atoms with Gasteiger partial charge in [0.2, 0.25) is 0 Å². The monoisotopic (exact) mass is 404 g/mol. The van der Waals surface area contributed by atoms with E-state index in [-0.39, 0.29) is 11.3 Å². The summed E-state index contributed by atoms with van der Waals surface area (Å²) in [5, 5.41) is 6.91. The number of aromatic amines is 1. The molecule has 0 radical (unpaired) electrons. The number of benzene rings is 1. The van der Waals surface area contributed by atoms with Gasteiger partial charge in [-0.3, -0.25) is 14.8 Å². The Morgan fingerprint density at radius 1 is 1.21 bits per heavy atom. The van der Waals surface area contributed by atoms with Gasteiger partial charge in [-0.2, -0.15) is 5.10 Å². The Balaban J connectivity index is 1.62. The van der Waals surface area contributed by atoms with Crippen molar-refractivity contribution < 1.29 is 17.9 Å². The van der Waals surface area contributed by atoms with Gasteiger partial charge in [-0.25, -0.2) is 0 Å². The van der Waals surface area contributed by atoms with Crippen molar-refractivity contribution in [1.82, 2.24) is 19.7 Å². The van der Waals surface area contributed by atoms with Gasteiger partial charge in [0.25, 0.3) is 5.56 Å². The highest BCUT2D eigenvalue weighted by atomic mass is 19.4. The summed E-state index contributed by atoms with van der Waals surface area (Å²) in [7, 11) is 1.73. The quantitative estimate of drug-likeness (QED) is 0.725. The van der Waals surface area contributed by atoms with Crippen molar-refractivity contribution in [3.05, 3.63) is 69.9 Å². The zero-order valence-electron chi connectivity index (χ0n) is 15.7. The van der Waals surface area contributed by atoms with E-state index in [2.05, 4.69) is 19.8 Å². The first kappa shape index (κ1) is 19.3. The molecular formula is C20H19F3N4O2. The second-order valence-electron chi connectivity index (χ2n) is 7.01. The van der Waals surface area contributed by atoms with Crippen LogP contribution in [0.5, 0.6) is 5.75 Å². The molecule has 3 aromatic rings. The first-order valence-electron chi connectivity index (χ1n) is 9.09. The first-order chi connectivity index (χ1) is 13.8. The third-order valence-corrected chi connectivity index (χ3v) is 5.04. The number of hydrogen-bond donors (Lipinski definition) is 1. The Hall–Kier alpha value is -3.07. The molecule has 3 heterocycles. The normalized spacial score (nSPS) is 14.6. The second-order valence-corrected chi connectivity index (χ2v) is 7.01. The van der Waals surface area contributed by atoms with Crippen molar-refractivity contribution in [1.29, 1.82) is 0 Å². The van der Waals surface area contributed by atoms with E-state index in [1.807, 2.05) is 12.1 Å². The number of H-pyrrole nitrogens is 1. The van der Waals surface area contributed by atoms with Crippen LogP contribution in [0.25, 0.3) is 11.1 Å². The average molecular weight is 404 g/mol. The molecule has 1 aromatic carbocycles. The standard InChI is InChI=1S/C20H19F3N4O2/c1-26-18-7-9-27(12-15-6-8-24-25-15)11-14(18)10-17(19(26)28)13-2-4-16(5-3-13)29-20(21,22)23/h2-6,8,10H,7,9,11-12H2,1H3,(H,24,25). The summed E-state index contributed by atoms with van der Waals surface area (Å²) in [5.41, 5.74) is 3.86. The van der Waals surface area contributed by atoms with Gasteiger partial charge in [-0.05, 0) is 35.4 Å². The van der Waals surface area contributed by atoms with Crippen molar-refractivity contribution in [2.45, 2.75) is 25.9 Å². The number of aromatic nitrogens is 3. The van der Waals surface area contributed by atoms with Crippen molar-refractivity contribution in [3.63, 3.8) is 0 Å². The van der Waals surface area contributed by atoms with Crippen molar-refractivity contribution in [2.75, 3.05) is 6.54 Å². The summed E-state index contributed by atoms with van der Waals surface area (Å²) >= 11 is 0. The predicted molar refractivity (Wildman–Crippen MR) is 100 cm³/mol. The second kappa shape index (κ2) is 7.40. The molecule has 1 N–H and O–H groups in total. The third-order valence-electron chi connectivity index (χ3n) is 5.04. The number of ether oxygens (including phenoxy) is 1. The minimum atomic E-state index is -4.75. The van der Waals surface area contributed by atoms with E-state index in [4.69, 9.17) is 0 Å². The topological polar surface area (TPSA) is 63.1 Å².